The lowest BCUT2D eigenvalue weighted by Gasteiger charge is -2.36. The zero-order valence-electron chi connectivity index (χ0n) is 34.1. The number of nitrogens with zero attached hydrogens (tertiary/aromatic N) is 5. The number of rotatable bonds is 3. The van der Waals surface area contributed by atoms with Gasteiger partial charge in [0.05, 0.1) is 36.0 Å². The molecule has 59 heavy (non-hydrogen) atoms. The minimum atomic E-state index is 0.0644. The second kappa shape index (κ2) is 18.8. The molecule has 304 valence electrons. The van der Waals surface area contributed by atoms with Crippen molar-refractivity contribution in [3.05, 3.63) is 146 Å². The van der Waals surface area contributed by atoms with Crippen molar-refractivity contribution in [3.8, 4) is 0 Å². The maximum atomic E-state index is 12.8. The van der Waals surface area contributed by atoms with Crippen LogP contribution in [0.1, 0.15) is 63.8 Å². The molecule has 6 aliphatic heterocycles. The van der Waals surface area contributed by atoms with Gasteiger partial charge in [-0.1, -0.05) is 87.7 Å². The summed E-state index contributed by atoms with van der Waals surface area (Å²) in [7, 11) is 0. The van der Waals surface area contributed by atoms with Crippen LogP contribution in [0.5, 0.6) is 0 Å². The molecule has 2 amide bonds. The van der Waals surface area contributed by atoms with Gasteiger partial charge in [0.1, 0.15) is 13.1 Å². The Morgan fingerprint density at radius 3 is 1.61 bits per heavy atom. The van der Waals surface area contributed by atoms with Crippen LogP contribution in [-0.2, 0) is 31.9 Å². The Bertz CT molecular complexity index is 2330. The molecule has 0 saturated carbocycles. The monoisotopic (exact) mass is 853 g/mol. The molecular weight excluding hydrogens is 802 g/mol. The molecule has 4 aromatic carbocycles. The normalized spacial score (nSPS) is 18.7. The van der Waals surface area contributed by atoms with Crippen LogP contribution in [0.4, 0.5) is 5.69 Å². The van der Waals surface area contributed by atoms with Crippen LogP contribution in [0, 0.1) is 13.8 Å². The first-order valence-corrected chi connectivity index (χ1v) is 21.7. The number of carbonyl (C=O) groups excluding carboxylic acids is 2. The maximum Gasteiger partial charge on any atom is 0.248 e. The molecule has 0 N–H and O–H groups in total. The molecule has 10 rings (SSSR count). The number of halogens is 1. The van der Waals surface area contributed by atoms with Gasteiger partial charge in [-0.2, -0.15) is 0 Å². The highest BCUT2D eigenvalue weighted by Crippen LogP contribution is 2.37. The van der Waals surface area contributed by atoms with Crippen LogP contribution >= 0.6 is 15.9 Å². The lowest BCUT2D eigenvalue weighted by Crippen LogP contribution is -2.39. The summed E-state index contributed by atoms with van der Waals surface area (Å²) in [6.45, 7) is 11.3. The second-order valence-corrected chi connectivity index (χ2v) is 16.5. The van der Waals surface area contributed by atoms with Crippen LogP contribution in [0.3, 0.4) is 0 Å². The van der Waals surface area contributed by atoms with Gasteiger partial charge in [0.25, 0.3) is 0 Å². The molecule has 0 aliphatic carbocycles. The standard InChI is InChI=1S/C24H25N3O2.C20H17BrN2O.C5H10O/c1-17-4-2-5-18(14-17)21-15-23-19-6-3-7-22(26-10-12-29-13-11-26)20(19)8-9-27(23)24(28)16-25-21;1-13-4-2-5-14(10-13)18-11-19-16-6-3-7-17(21)15(16)8-9-23(19)20(24)12-22-18;1-2-4-6-5-3-1/h2-7,14-15H,8-13,16H2,1H3;2-7,10-11H,8-9,12H2,1H3;1-5H2. The van der Waals surface area contributed by atoms with E-state index in [4.69, 9.17) is 9.47 Å². The second-order valence-electron chi connectivity index (χ2n) is 15.6. The van der Waals surface area contributed by atoms with Gasteiger partial charge in [-0.3, -0.25) is 19.6 Å². The van der Waals surface area contributed by atoms with E-state index in [9.17, 15) is 9.59 Å². The summed E-state index contributed by atoms with van der Waals surface area (Å²) in [4.78, 5) is 40.8. The van der Waals surface area contributed by atoms with Crippen LogP contribution in [0.15, 0.2) is 112 Å². The predicted molar refractivity (Wildman–Crippen MR) is 240 cm³/mol. The molecular formula is C49H52BrN5O4. The van der Waals surface area contributed by atoms with Gasteiger partial charge in [0, 0.05) is 71.8 Å². The van der Waals surface area contributed by atoms with Crippen molar-refractivity contribution in [2.45, 2.75) is 46.0 Å². The number of aryl methyl sites for hydroxylation is 2. The average Bonchev–Trinajstić information content (AvgIpc) is 3.56. The van der Waals surface area contributed by atoms with Crippen molar-refractivity contribution in [2.75, 3.05) is 70.6 Å². The maximum absolute atomic E-state index is 12.8. The summed E-state index contributed by atoms with van der Waals surface area (Å²) in [5.41, 5.74) is 14.3. The molecule has 2 saturated heterocycles. The quantitative estimate of drug-likeness (QED) is 0.208. The highest BCUT2D eigenvalue weighted by Gasteiger charge is 2.31. The number of allylic oxidation sites excluding steroid dienone is 2. The Hall–Kier alpha value is -5.16. The van der Waals surface area contributed by atoms with Gasteiger partial charge < -0.3 is 24.2 Å². The summed E-state index contributed by atoms with van der Waals surface area (Å²) >= 11 is 3.64. The van der Waals surface area contributed by atoms with Crippen molar-refractivity contribution in [1.29, 1.82) is 0 Å². The van der Waals surface area contributed by atoms with E-state index in [2.05, 4.69) is 117 Å². The topological polar surface area (TPSA) is 87.0 Å². The number of morpholine rings is 1. The van der Waals surface area contributed by atoms with E-state index in [1.54, 1.807) is 0 Å². The molecule has 0 spiro atoms. The molecule has 0 bridgehead atoms. The summed E-state index contributed by atoms with van der Waals surface area (Å²) in [5, 5.41) is 0. The Balaban J connectivity index is 0.000000146. The van der Waals surface area contributed by atoms with Gasteiger partial charge in [-0.15, -0.1) is 0 Å². The molecule has 10 heteroatoms. The minimum Gasteiger partial charge on any atom is -0.381 e. The number of ether oxygens (including phenoxy) is 2. The van der Waals surface area contributed by atoms with Gasteiger partial charge in [0.15, 0.2) is 0 Å². The number of hydrogen-bond donors (Lipinski definition) is 0. The molecule has 2 fully saturated rings. The van der Waals surface area contributed by atoms with E-state index < -0.39 is 0 Å². The lowest BCUT2D eigenvalue weighted by atomic mass is 9.92. The summed E-state index contributed by atoms with van der Waals surface area (Å²) in [6, 6.07) is 29.2. The largest absolute Gasteiger partial charge is 0.381 e. The summed E-state index contributed by atoms with van der Waals surface area (Å²) < 4.78 is 11.7. The number of benzene rings is 4. The lowest BCUT2D eigenvalue weighted by molar-refractivity contribution is -0.127. The third-order valence-electron chi connectivity index (χ3n) is 11.5. The van der Waals surface area contributed by atoms with E-state index in [1.807, 2.05) is 34.1 Å². The first-order valence-electron chi connectivity index (χ1n) is 20.9. The highest BCUT2D eigenvalue weighted by atomic mass is 79.9. The number of amides is 2. The molecule has 0 aromatic heterocycles. The third kappa shape index (κ3) is 9.35. The van der Waals surface area contributed by atoms with Crippen molar-refractivity contribution >= 4 is 56.2 Å². The van der Waals surface area contributed by atoms with Gasteiger partial charge in [-0.05, 0) is 93.5 Å². The number of hydrogen-bond acceptors (Lipinski definition) is 7. The smallest absolute Gasteiger partial charge is 0.248 e. The van der Waals surface area contributed by atoms with E-state index >= 15 is 0 Å². The molecule has 0 unspecified atom stereocenters. The highest BCUT2D eigenvalue weighted by molar-refractivity contribution is 9.10. The van der Waals surface area contributed by atoms with Crippen molar-refractivity contribution in [2.24, 2.45) is 9.98 Å². The van der Waals surface area contributed by atoms with E-state index in [-0.39, 0.29) is 24.9 Å². The van der Waals surface area contributed by atoms with E-state index in [0.717, 1.165) is 102 Å². The van der Waals surface area contributed by atoms with Crippen LogP contribution in [-0.4, -0.2) is 98.7 Å². The molecule has 4 aromatic rings. The van der Waals surface area contributed by atoms with Crippen molar-refractivity contribution < 1.29 is 19.1 Å². The van der Waals surface area contributed by atoms with E-state index in [1.165, 1.54) is 47.2 Å². The van der Waals surface area contributed by atoms with Crippen molar-refractivity contribution in [3.63, 3.8) is 0 Å². The number of carbonyl (C=O) groups is 2. The van der Waals surface area contributed by atoms with Crippen LogP contribution < -0.4 is 4.90 Å². The molecule has 6 heterocycles. The molecule has 9 nitrogen and oxygen atoms in total. The molecule has 0 atom stereocenters. The SMILES string of the molecule is C1CCOCC1.Cc1cccc(C2=NCC(=O)N3CCc4c(Br)cccc4C3=C2)c1.Cc1cccc(C2=NCC(=O)N3CCc4c(cccc4N4CCOCC4)C3=C2)c1. The summed E-state index contributed by atoms with van der Waals surface area (Å²) in [5.74, 6) is 0.135. The van der Waals surface area contributed by atoms with Crippen LogP contribution in [0.2, 0.25) is 0 Å². The van der Waals surface area contributed by atoms with Gasteiger partial charge in [-0.25, -0.2) is 0 Å². The Morgan fingerprint density at radius 2 is 1.08 bits per heavy atom. The van der Waals surface area contributed by atoms with Crippen molar-refractivity contribution in [1.82, 2.24) is 9.80 Å². The Morgan fingerprint density at radius 1 is 0.576 bits per heavy atom. The number of anilines is 1. The fourth-order valence-corrected chi connectivity index (χ4v) is 9.08. The third-order valence-corrected chi connectivity index (χ3v) is 12.3. The predicted octanol–water partition coefficient (Wildman–Crippen LogP) is 8.23. The fraction of sp³-hybridized carbons (Fsp3) is 0.347. The van der Waals surface area contributed by atoms with E-state index in [0.29, 0.717) is 13.1 Å². The Kier molecular flexibility index (Phi) is 13.0. The zero-order valence-corrected chi connectivity index (χ0v) is 35.7. The van der Waals surface area contributed by atoms with Gasteiger partial charge in [0.2, 0.25) is 11.8 Å². The zero-order chi connectivity index (χ0) is 40.7. The minimum absolute atomic E-state index is 0.0644. The first-order chi connectivity index (χ1) is 28.8. The summed E-state index contributed by atoms with van der Waals surface area (Å²) in [6.07, 6.45) is 9.82. The fourth-order valence-electron chi connectivity index (χ4n) is 8.51. The number of fused-ring (bicyclic) bond motifs is 6. The van der Waals surface area contributed by atoms with Crippen LogP contribution in [0.25, 0.3) is 11.4 Å². The van der Waals surface area contributed by atoms with Gasteiger partial charge >= 0.3 is 0 Å². The molecule has 6 aliphatic rings. The Labute approximate surface area is 356 Å². The number of aliphatic imine (C=N–C) groups is 2. The first kappa shape index (κ1) is 40.6. The molecule has 0 radical (unpaired) electrons. The average molecular weight is 855 g/mol.